The molecular weight excluding hydrogens is 869 g/mol. The van der Waals surface area contributed by atoms with Crippen LogP contribution in [0.1, 0.15) is 101 Å². The van der Waals surface area contributed by atoms with Gasteiger partial charge in [0.2, 0.25) is 17.4 Å². The van der Waals surface area contributed by atoms with Crippen molar-refractivity contribution >= 4 is 23.8 Å². The van der Waals surface area contributed by atoms with E-state index in [4.69, 9.17) is 9.47 Å². The summed E-state index contributed by atoms with van der Waals surface area (Å²) < 4.78 is 11.2. The van der Waals surface area contributed by atoms with E-state index in [0.29, 0.717) is 12.3 Å². The molecule has 0 bridgehead atoms. The number of aromatic nitrogens is 2. The highest BCUT2D eigenvalue weighted by Gasteiger charge is 2.27. The minimum Gasteiger partial charge on any atom is -0.469 e. The van der Waals surface area contributed by atoms with Crippen molar-refractivity contribution in [3.8, 4) is 22.3 Å². The number of carbonyl (C=O) groups excluding carboxylic acids is 4. The molecule has 6 aromatic rings. The maximum absolute atomic E-state index is 13.5. The third kappa shape index (κ3) is 17.4. The summed E-state index contributed by atoms with van der Waals surface area (Å²) in [5.41, 5.74) is 8.00. The molecule has 69 heavy (non-hydrogen) atoms. The van der Waals surface area contributed by atoms with Crippen LogP contribution in [0.15, 0.2) is 155 Å². The van der Waals surface area contributed by atoms with Crippen molar-refractivity contribution in [1.29, 1.82) is 0 Å². The average Bonchev–Trinajstić information content (AvgIpc) is 3.33. The van der Waals surface area contributed by atoms with Crippen molar-refractivity contribution in [2.75, 3.05) is 14.2 Å². The van der Waals surface area contributed by atoms with Crippen molar-refractivity contribution in [3.05, 3.63) is 189 Å². The van der Waals surface area contributed by atoms with Gasteiger partial charge >= 0.3 is 11.9 Å². The average molecular weight is 937 g/mol. The number of hydrogen-bond acceptors (Lipinski definition) is 8. The van der Waals surface area contributed by atoms with Gasteiger partial charge in [0.15, 0.2) is 0 Å². The first-order valence-electron chi connectivity index (χ1n) is 23.4. The molecule has 12 heteroatoms. The van der Waals surface area contributed by atoms with Crippen molar-refractivity contribution in [1.82, 2.24) is 20.2 Å². The number of aromatic amines is 1. The van der Waals surface area contributed by atoms with Gasteiger partial charge in [-0.1, -0.05) is 132 Å². The Morgan fingerprint density at radius 2 is 1.04 bits per heavy atom. The second kappa shape index (κ2) is 27.5. The first kappa shape index (κ1) is 54.3. The summed E-state index contributed by atoms with van der Waals surface area (Å²) in [5.74, 6) is -0.608. The zero-order valence-corrected chi connectivity index (χ0v) is 41.4. The summed E-state index contributed by atoms with van der Waals surface area (Å²) in [6.45, 7) is 14.3. The lowest BCUT2D eigenvalue weighted by atomic mass is 9.94. The number of rotatable bonds is 17. The Hall–Kier alpha value is -7.34. The SMILES string of the molecule is COC(=O)C[C@H](NC(=O)C(CC(C)C)n1ccccc1=O)c1cccc(-c2ccccc2C)c1.COC(=O)C[C@H](NC(=O)[C@H](C)CC(C)C)c1cccc(-c2ccccc2C)c1.O=c1cccc[nH]1. The van der Waals surface area contributed by atoms with Crippen LogP contribution >= 0.6 is 0 Å². The van der Waals surface area contributed by atoms with Gasteiger partial charge in [-0.15, -0.1) is 0 Å². The summed E-state index contributed by atoms with van der Waals surface area (Å²) >= 11 is 0. The Bertz CT molecular complexity index is 2700. The normalized spacial score (nSPS) is 12.4. The Morgan fingerprint density at radius 3 is 1.46 bits per heavy atom. The molecule has 0 saturated heterocycles. The van der Waals surface area contributed by atoms with Gasteiger partial charge < -0.3 is 29.7 Å². The fraction of sp³-hybridized carbons (Fsp3) is 0.333. The number of pyridine rings is 2. The highest BCUT2D eigenvalue weighted by Crippen LogP contribution is 2.30. The number of nitrogens with zero attached hydrogens (tertiary/aromatic N) is 1. The van der Waals surface area contributed by atoms with E-state index in [2.05, 4.69) is 48.5 Å². The van der Waals surface area contributed by atoms with E-state index < -0.39 is 24.1 Å². The third-order valence-electron chi connectivity index (χ3n) is 11.5. The highest BCUT2D eigenvalue weighted by atomic mass is 16.5. The Kier molecular flexibility index (Phi) is 21.6. The molecule has 12 nitrogen and oxygen atoms in total. The maximum Gasteiger partial charge on any atom is 0.307 e. The van der Waals surface area contributed by atoms with Crippen LogP contribution in [0.2, 0.25) is 0 Å². The third-order valence-corrected chi connectivity index (χ3v) is 11.5. The molecule has 364 valence electrons. The number of amides is 2. The molecule has 4 aromatic carbocycles. The molecule has 0 aliphatic rings. The number of hydrogen-bond donors (Lipinski definition) is 3. The minimum atomic E-state index is -0.687. The number of methoxy groups -OCH3 is 2. The van der Waals surface area contributed by atoms with Gasteiger partial charge in [0.1, 0.15) is 6.04 Å². The summed E-state index contributed by atoms with van der Waals surface area (Å²) in [4.78, 5) is 75.5. The van der Waals surface area contributed by atoms with Crippen molar-refractivity contribution in [2.24, 2.45) is 17.8 Å². The molecule has 2 aromatic heterocycles. The van der Waals surface area contributed by atoms with E-state index >= 15 is 0 Å². The van der Waals surface area contributed by atoms with Crippen LogP contribution in [0.4, 0.5) is 0 Å². The summed E-state index contributed by atoms with van der Waals surface area (Å²) in [6.07, 6.45) is 4.61. The van der Waals surface area contributed by atoms with E-state index in [-0.39, 0.29) is 53.6 Å². The predicted molar refractivity (Wildman–Crippen MR) is 273 cm³/mol. The molecule has 2 heterocycles. The van der Waals surface area contributed by atoms with Crippen LogP contribution in [0, 0.1) is 31.6 Å². The Labute approximate surface area is 406 Å². The second-order valence-corrected chi connectivity index (χ2v) is 17.9. The number of benzene rings is 4. The quantitative estimate of drug-likeness (QED) is 0.0761. The molecule has 0 radical (unpaired) electrons. The molecule has 3 N–H and O–H groups in total. The Balaban J connectivity index is 0.000000266. The molecule has 2 amide bonds. The van der Waals surface area contributed by atoms with Crippen molar-refractivity contribution < 1.29 is 28.7 Å². The van der Waals surface area contributed by atoms with E-state index in [9.17, 15) is 28.8 Å². The van der Waals surface area contributed by atoms with Crippen LogP contribution in [0.25, 0.3) is 22.3 Å². The lowest BCUT2D eigenvalue weighted by Crippen LogP contribution is -2.40. The van der Waals surface area contributed by atoms with Gasteiger partial charge in [-0.05, 0) is 107 Å². The molecule has 0 saturated carbocycles. The van der Waals surface area contributed by atoms with Gasteiger partial charge in [-0.25, -0.2) is 0 Å². The summed E-state index contributed by atoms with van der Waals surface area (Å²) in [7, 11) is 2.70. The summed E-state index contributed by atoms with van der Waals surface area (Å²) in [6, 6.07) is 40.1. The fourth-order valence-electron chi connectivity index (χ4n) is 7.91. The molecule has 0 aliphatic heterocycles. The zero-order valence-electron chi connectivity index (χ0n) is 41.4. The van der Waals surface area contributed by atoms with Gasteiger partial charge in [0, 0.05) is 30.4 Å². The molecule has 6 rings (SSSR count). The van der Waals surface area contributed by atoms with Crippen LogP contribution in [0.5, 0.6) is 0 Å². The van der Waals surface area contributed by atoms with Crippen molar-refractivity contribution in [3.63, 3.8) is 0 Å². The number of ether oxygens (including phenoxy) is 2. The van der Waals surface area contributed by atoms with Gasteiger partial charge in [-0.2, -0.15) is 0 Å². The molecule has 0 spiro atoms. The fourth-order valence-corrected chi connectivity index (χ4v) is 7.91. The second-order valence-electron chi connectivity index (χ2n) is 17.9. The van der Waals surface area contributed by atoms with E-state index in [1.807, 2.05) is 113 Å². The largest absolute Gasteiger partial charge is 0.469 e. The van der Waals surface area contributed by atoms with Gasteiger partial charge in [0.05, 0.1) is 39.1 Å². The van der Waals surface area contributed by atoms with E-state index in [1.54, 1.807) is 36.7 Å². The monoisotopic (exact) mass is 937 g/mol. The van der Waals surface area contributed by atoms with E-state index in [0.717, 1.165) is 45.4 Å². The van der Waals surface area contributed by atoms with Gasteiger partial charge in [-0.3, -0.25) is 28.8 Å². The number of H-pyrrole nitrogens is 1. The molecule has 1 unspecified atom stereocenters. The minimum absolute atomic E-state index is 0.0163. The van der Waals surface area contributed by atoms with Crippen LogP contribution < -0.4 is 21.8 Å². The Morgan fingerprint density at radius 1 is 0.565 bits per heavy atom. The molecule has 0 aliphatic carbocycles. The number of aryl methyl sites for hydroxylation is 2. The first-order chi connectivity index (χ1) is 33.0. The molecule has 0 fully saturated rings. The lowest BCUT2D eigenvalue weighted by Gasteiger charge is -2.25. The maximum atomic E-state index is 13.5. The number of carbonyl (C=O) groups is 4. The number of nitrogens with one attached hydrogen (secondary N) is 3. The zero-order chi connectivity index (χ0) is 50.5. The first-order valence-corrected chi connectivity index (χ1v) is 23.4. The van der Waals surface area contributed by atoms with Crippen LogP contribution in [-0.4, -0.2) is 47.5 Å². The van der Waals surface area contributed by atoms with E-state index in [1.165, 1.54) is 36.5 Å². The highest BCUT2D eigenvalue weighted by molar-refractivity contribution is 5.82. The molecule has 4 atom stereocenters. The standard InChI is InChI=1S/C28H32N2O4.C24H31NO3.C5H5NO/c1-19(2)16-25(30-15-8-7-14-26(30)31)28(33)29-24(18-27(32)34-4)22-12-9-11-21(17-22)23-13-6-5-10-20(23)3;1-16(2)13-18(4)24(27)25-22(15-23(26)28-5)20-11-8-10-19(14-20)21-12-7-6-9-17(21)3;7-5-3-1-2-4-6-5/h5-15,17,19,24-25H,16,18H2,1-4H3,(H,29,33);6-12,14,16,18,22H,13,15H2,1-5H3,(H,25,27);1-4H,(H,6,7)/t24-,25?;18-,22+;/m01./s1. The topological polar surface area (TPSA) is 166 Å². The molecular formula is C57H68N4O8. The lowest BCUT2D eigenvalue weighted by molar-refractivity contribution is -0.142. The predicted octanol–water partition coefficient (Wildman–Crippen LogP) is 10.3. The summed E-state index contributed by atoms with van der Waals surface area (Å²) in [5, 5.41) is 6.08. The van der Waals surface area contributed by atoms with Gasteiger partial charge in [0.25, 0.3) is 5.56 Å². The van der Waals surface area contributed by atoms with Crippen molar-refractivity contribution in [2.45, 2.75) is 92.3 Å². The number of esters is 2. The van der Waals surface area contributed by atoms with Crippen LogP contribution in [0.3, 0.4) is 0 Å². The smallest absolute Gasteiger partial charge is 0.307 e. The van der Waals surface area contributed by atoms with Crippen LogP contribution in [-0.2, 0) is 28.7 Å².